The minimum atomic E-state index is -2.92. The molecule has 15 nitrogen and oxygen atoms in total. The number of alkyl halides is 1. The highest BCUT2D eigenvalue weighted by Crippen LogP contribution is 2.40. The minimum absolute atomic E-state index is 0.118. The van der Waals surface area contributed by atoms with E-state index in [2.05, 4.69) is 29.3 Å². The average Bonchev–Trinajstić information content (AvgIpc) is 2.93. The zero-order valence-corrected chi connectivity index (χ0v) is 18.0. The monoisotopic (exact) mass is 477 g/mol. The third-order valence-electron chi connectivity index (χ3n) is 4.03. The summed E-state index contributed by atoms with van der Waals surface area (Å²) in [6.45, 7) is 3.55. The van der Waals surface area contributed by atoms with E-state index in [-0.39, 0.29) is 5.82 Å². The molecule has 1 unspecified atom stereocenters. The van der Waals surface area contributed by atoms with Gasteiger partial charge < -0.3 is 25.2 Å². The Kier molecular flexibility index (Phi) is 8.58. The fourth-order valence-electron chi connectivity index (χ4n) is 2.59. The number of nitrogens with two attached hydrogens (primary N) is 1. The van der Waals surface area contributed by atoms with Gasteiger partial charge in [0.1, 0.15) is 18.5 Å². The number of aliphatic hydroxyl groups excluding tert-OH is 1. The Morgan fingerprint density at radius 2 is 2.28 bits per heavy atom. The Morgan fingerprint density at radius 1 is 1.59 bits per heavy atom. The highest BCUT2D eigenvalue weighted by Gasteiger charge is 2.57. The normalized spacial score (nSPS) is 26.6. The van der Waals surface area contributed by atoms with E-state index in [4.69, 9.17) is 20.7 Å². The van der Waals surface area contributed by atoms with Gasteiger partial charge in [-0.15, -0.1) is 0 Å². The van der Waals surface area contributed by atoms with Gasteiger partial charge >= 0.3 is 19.8 Å². The molecule has 2 rings (SSSR count). The molecule has 0 spiro atoms. The summed E-state index contributed by atoms with van der Waals surface area (Å²) in [5.41, 5.74) is 10.8. The standard InChI is InChI=1S/C15H21FN7O8P/c1-7(2)29-13(25)8(3)20-32(27)31-28-6-15(21-22-18)11(16)10(24)12(30-15)23-5-4-9(17)19-14(23)26/h4-5,7-8,10-12,24H,6H2,1-3H3,(H2,17,19,26)/t8-,10+,11-,12+,15+/m0/s1. The molecule has 1 aromatic heterocycles. The van der Waals surface area contributed by atoms with Crippen LogP contribution in [0.25, 0.3) is 10.4 Å². The van der Waals surface area contributed by atoms with E-state index in [9.17, 15) is 24.0 Å². The summed E-state index contributed by atoms with van der Waals surface area (Å²) >= 11 is 0. The lowest BCUT2D eigenvalue weighted by Crippen LogP contribution is -2.42. The Bertz CT molecular complexity index is 971. The van der Waals surface area contributed by atoms with Crippen LogP contribution in [0, 0.1) is 0 Å². The number of ether oxygens (including phenoxy) is 2. The van der Waals surface area contributed by atoms with Crippen molar-refractivity contribution in [1.82, 2.24) is 9.55 Å². The predicted octanol–water partition coefficient (Wildman–Crippen LogP) is 0.204. The van der Waals surface area contributed by atoms with Crippen molar-refractivity contribution in [2.24, 2.45) is 9.86 Å². The molecule has 0 radical (unpaired) electrons. The lowest BCUT2D eigenvalue weighted by molar-refractivity contribution is -0.289. The number of azide groups is 1. The van der Waals surface area contributed by atoms with Crippen LogP contribution in [0.2, 0.25) is 0 Å². The number of halogens is 1. The number of anilines is 1. The van der Waals surface area contributed by atoms with E-state index >= 15 is 0 Å². The van der Waals surface area contributed by atoms with Crippen molar-refractivity contribution in [3.8, 4) is 0 Å². The van der Waals surface area contributed by atoms with E-state index in [0.717, 1.165) is 10.8 Å². The van der Waals surface area contributed by atoms with Crippen LogP contribution in [0.5, 0.6) is 0 Å². The van der Waals surface area contributed by atoms with Gasteiger partial charge in [0, 0.05) is 15.8 Å². The van der Waals surface area contributed by atoms with Crippen LogP contribution in [-0.2, 0) is 23.8 Å². The summed E-state index contributed by atoms with van der Waals surface area (Å²) in [4.78, 5) is 46.1. The average molecular weight is 477 g/mol. The molecule has 0 amide bonds. The molecule has 176 valence electrons. The Morgan fingerprint density at radius 3 is 2.88 bits per heavy atom. The van der Waals surface area contributed by atoms with Gasteiger partial charge in [-0.2, -0.15) is 9.87 Å². The van der Waals surface area contributed by atoms with Gasteiger partial charge in [0.2, 0.25) is 5.72 Å². The Labute approximate surface area is 181 Å². The first-order valence-electron chi connectivity index (χ1n) is 9.09. The number of hydrogen-bond donors (Lipinski definition) is 2. The lowest BCUT2D eigenvalue weighted by atomic mass is 10.1. The van der Waals surface area contributed by atoms with Crippen LogP contribution < -0.4 is 16.3 Å². The first kappa shape index (κ1) is 25.5. The maximum absolute atomic E-state index is 14.8. The SMILES string of the molecule is CC(C)OC(=O)[C@H](C)/N=[P+](\[O-])OOC[C@@]1(N=[N+]=[N-])O[C@@H](n2ccc(N)nc2=O)[C@H](O)[C@@H]1F. The molecule has 1 saturated heterocycles. The van der Waals surface area contributed by atoms with Gasteiger partial charge in [-0.3, -0.25) is 4.57 Å². The molecule has 0 saturated carbocycles. The lowest BCUT2D eigenvalue weighted by Gasteiger charge is -2.23. The summed E-state index contributed by atoms with van der Waals surface area (Å²) in [6, 6.07) is 0.0543. The second-order valence-corrected chi connectivity index (χ2v) is 7.68. The third-order valence-corrected chi connectivity index (χ3v) is 4.80. The number of carbonyl (C=O) groups excluding carboxylic acids is 1. The second-order valence-electron chi connectivity index (χ2n) is 6.83. The first-order chi connectivity index (χ1) is 15.0. The number of carbonyl (C=O) groups is 1. The maximum Gasteiger partial charge on any atom is 0.382 e. The van der Waals surface area contributed by atoms with Crippen LogP contribution in [0.4, 0.5) is 10.2 Å². The van der Waals surface area contributed by atoms with Gasteiger partial charge in [0.15, 0.2) is 18.4 Å². The summed E-state index contributed by atoms with van der Waals surface area (Å²) in [6.07, 6.45) is -5.32. The van der Waals surface area contributed by atoms with Crippen LogP contribution in [0.1, 0.15) is 27.0 Å². The number of rotatable bonds is 9. The van der Waals surface area contributed by atoms with Gasteiger partial charge in [0.05, 0.1) is 6.10 Å². The van der Waals surface area contributed by atoms with Crippen molar-refractivity contribution in [3.63, 3.8) is 0 Å². The largest absolute Gasteiger partial charge is 0.581 e. The van der Waals surface area contributed by atoms with E-state index in [1.54, 1.807) is 13.8 Å². The van der Waals surface area contributed by atoms with Crippen molar-refractivity contribution in [3.05, 3.63) is 33.2 Å². The van der Waals surface area contributed by atoms with Crippen LogP contribution >= 0.6 is 8.17 Å². The van der Waals surface area contributed by atoms with Crippen molar-refractivity contribution in [2.45, 2.75) is 57.1 Å². The number of aliphatic hydroxyl groups is 1. The molecule has 1 fully saturated rings. The first-order valence-corrected chi connectivity index (χ1v) is 10.2. The van der Waals surface area contributed by atoms with Gasteiger partial charge in [0.25, 0.3) is 0 Å². The Balaban J connectivity index is 2.12. The van der Waals surface area contributed by atoms with E-state index < -0.39 is 62.8 Å². The molecule has 1 aliphatic rings. The zero-order valence-electron chi connectivity index (χ0n) is 17.1. The number of hydrogen-bond acceptors (Lipinski definition) is 12. The number of aromatic nitrogens is 2. The quantitative estimate of drug-likeness (QED) is 0.0935. The molecule has 0 bridgehead atoms. The topological polar surface area (TPSA) is 219 Å². The second kappa shape index (κ2) is 10.7. The Hall–Kier alpha value is -2.71. The van der Waals surface area contributed by atoms with Crippen molar-refractivity contribution in [1.29, 1.82) is 0 Å². The van der Waals surface area contributed by atoms with E-state index in [1.165, 1.54) is 13.0 Å². The molecule has 1 aromatic rings. The molecule has 1 aliphatic heterocycles. The summed E-state index contributed by atoms with van der Waals surface area (Å²) in [7, 11) is -2.92. The van der Waals surface area contributed by atoms with Crippen LogP contribution in [-0.4, -0.2) is 57.4 Å². The fraction of sp³-hybridized carbons (Fsp3) is 0.667. The van der Waals surface area contributed by atoms with E-state index in [1.807, 2.05) is 0 Å². The zero-order chi connectivity index (χ0) is 24.1. The number of esters is 1. The van der Waals surface area contributed by atoms with Crippen molar-refractivity contribution in [2.75, 3.05) is 12.3 Å². The molecule has 0 aromatic carbocycles. The summed E-state index contributed by atoms with van der Waals surface area (Å²) < 4.78 is 33.8. The van der Waals surface area contributed by atoms with Gasteiger partial charge in [-0.1, -0.05) is 9.86 Å². The van der Waals surface area contributed by atoms with E-state index in [0.29, 0.717) is 0 Å². The molecular weight excluding hydrogens is 456 g/mol. The van der Waals surface area contributed by atoms with Crippen LogP contribution in [0.15, 0.2) is 26.9 Å². The van der Waals surface area contributed by atoms with Crippen LogP contribution in [0.3, 0.4) is 0 Å². The minimum Gasteiger partial charge on any atom is -0.581 e. The molecule has 6 atom stereocenters. The summed E-state index contributed by atoms with van der Waals surface area (Å²) in [5, 5.41) is 13.4. The van der Waals surface area contributed by atoms with Crippen molar-refractivity contribution < 1.29 is 38.2 Å². The van der Waals surface area contributed by atoms with Crippen molar-refractivity contribution >= 4 is 20.0 Å². The highest BCUT2D eigenvalue weighted by atomic mass is 31.1. The third kappa shape index (κ3) is 5.95. The fourth-order valence-corrected chi connectivity index (χ4v) is 3.15. The highest BCUT2D eigenvalue weighted by molar-refractivity contribution is 7.33. The molecular formula is C15H21FN7O8P. The smallest absolute Gasteiger partial charge is 0.382 e. The molecule has 17 heteroatoms. The maximum atomic E-state index is 14.8. The molecule has 32 heavy (non-hydrogen) atoms. The number of nitrogen functional groups attached to an aromatic ring is 1. The summed E-state index contributed by atoms with van der Waals surface area (Å²) in [5.74, 6) is -0.874. The molecule has 2 heterocycles. The predicted molar refractivity (Wildman–Crippen MR) is 103 cm³/mol. The molecule has 0 aliphatic carbocycles. The van der Waals surface area contributed by atoms with Gasteiger partial charge in [-0.25, -0.2) is 14.0 Å². The number of nitrogens with zero attached hydrogens (tertiary/aromatic N) is 6. The molecule has 3 N–H and O–H groups in total. The van der Waals surface area contributed by atoms with Gasteiger partial charge in [-0.05, 0) is 32.4 Å².